The number of thioether (sulfide) groups is 1. The van der Waals surface area contributed by atoms with E-state index in [1.54, 1.807) is 7.11 Å². The Morgan fingerprint density at radius 1 is 1.25 bits per heavy atom. The molecular formula is C16H16BrNOS. The third kappa shape index (κ3) is 2.81. The Kier molecular flexibility index (Phi) is 4.22. The molecule has 0 spiro atoms. The minimum absolute atomic E-state index is 0.373. The van der Waals surface area contributed by atoms with Gasteiger partial charge < -0.3 is 10.1 Å². The van der Waals surface area contributed by atoms with Crippen LogP contribution in [0.2, 0.25) is 0 Å². The first-order valence-corrected chi connectivity index (χ1v) is 8.37. The molecule has 0 aromatic heterocycles. The van der Waals surface area contributed by atoms with Gasteiger partial charge >= 0.3 is 0 Å². The Bertz CT molecular complexity index is 617. The van der Waals surface area contributed by atoms with Crippen molar-refractivity contribution in [3.63, 3.8) is 0 Å². The van der Waals surface area contributed by atoms with Gasteiger partial charge in [0.25, 0.3) is 0 Å². The number of anilines is 1. The van der Waals surface area contributed by atoms with Crippen LogP contribution in [0.25, 0.3) is 0 Å². The van der Waals surface area contributed by atoms with Crippen molar-refractivity contribution >= 4 is 33.4 Å². The summed E-state index contributed by atoms with van der Waals surface area (Å²) in [6.07, 6.45) is 1.14. The number of hydrogen-bond acceptors (Lipinski definition) is 3. The Morgan fingerprint density at radius 2 is 2.10 bits per heavy atom. The van der Waals surface area contributed by atoms with Crippen LogP contribution in [0.15, 0.2) is 51.8 Å². The largest absolute Gasteiger partial charge is 0.495 e. The standard InChI is InChI=1S/C16H16BrNOS/c1-19-15-10-11(6-7-13(15)17)18-14-8-9-20-16-5-3-2-4-12(14)16/h2-7,10,14,18H,8-9H2,1H3. The Morgan fingerprint density at radius 3 is 2.95 bits per heavy atom. The van der Waals surface area contributed by atoms with E-state index in [1.807, 2.05) is 23.9 Å². The summed E-state index contributed by atoms with van der Waals surface area (Å²) >= 11 is 5.43. The van der Waals surface area contributed by atoms with E-state index >= 15 is 0 Å². The third-order valence-corrected chi connectivity index (χ3v) is 5.23. The molecule has 0 amide bonds. The number of fused-ring (bicyclic) bond motifs is 1. The molecule has 1 atom stereocenters. The highest BCUT2D eigenvalue weighted by Gasteiger charge is 2.20. The van der Waals surface area contributed by atoms with Gasteiger partial charge in [-0.2, -0.15) is 0 Å². The van der Waals surface area contributed by atoms with E-state index in [9.17, 15) is 0 Å². The predicted octanol–water partition coefficient (Wildman–Crippen LogP) is 5.11. The zero-order chi connectivity index (χ0) is 13.9. The second-order valence-corrected chi connectivity index (χ2v) is 6.71. The molecule has 2 aromatic carbocycles. The molecule has 0 bridgehead atoms. The Balaban J connectivity index is 1.85. The number of halogens is 1. The van der Waals surface area contributed by atoms with Crippen LogP contribution in [0.1, 0.15) is 18.0 Å². The van der Waals surface area contributed by atoms with Gasteiger partial charge in [-0.1, -0.05) is 18.2 Å². The van der Waals surface area contributed by atoms with Crippen LogP contribution in [-0.4, -0.2) is 12.9 Å². The lowest BCUT2D eigenvalue weighted by Crippen LogP contribution is -2.16. The van der Waals surface area contributed by atoms with Gasteiger partial charge in [-0.15, -0.1) is 11.8 Å². The quantitative estimate of drug-likeness (QED) is 0.832. The molecule has 1 N–H and O–H groups in total. The second kappa shape index (κ2) is 6.10. The van der Waals surface area contributed by atoms with Crippen molar-refractivity contribution in [3.05, 3.63) is 52.5 Å². The Labute approximate surface area is 132 Å². The summed E-state index contributed by atoms with van der Waals surface area (Å²) in [5, 5.41) is 3.62. The van der Waals surface area contributed by atoms with E-state index in [2.05, 4.69) is 51.6 Å². The van der Waals surface area contributed by atoms with Gasteiger partial charge in [-0.3, -0.25) is 0 Å². The van der Waals surface area contributed by atoms with Crippen molar-refractivity contribution in [2.75, 3.05) is 18.2 Å². The van der Waals surface area contributed by atoms with Crippen LogP contribution in [0, 0.1) is 0 Å². The van der Waals surface area contributed by atoms with Crippen molar-refractivity contribution in [3.8, 4) is 5.75 Å². The SMILES string of the molecule is COc1cc(NC2CCSc3ccccc32)ccc1Br. The summed E-state index contributed by atoms with van der Waals surface area (Å²) in [5.74, 6) is 2.01. The minimum atomic E-state index is 0.373. The van der Waals surface area contributed by atoms with E-state index in [0.29, 0.717) is 6.04 Å². The molecule has 1 aliphatic heterocycles. The van der Waals surface area contributed by atoms with Gasteiger partial charge in [0, 0.05) is 22.4 Å². The maximum atomic E-state index is 5.35. The van der Waals surface area contributed by atoms with E-state index in [4.69, 9.17) is 4.74 Å². The molecule has 0 aliphatic carbocycles. The number of nitrogens with one attached hydrogen (secondary N) is 1. The highest BCUT2D eigenvalue weighted by atomic mass is 79.9. The smallest absolute Gasteiger partial charge is 0.135 e. The van der Waals surface area contributed by atoms with Crippen molar-refractivity contribution in [2.24, 2.45) is 0 Å². The average molecular weight is 350 g/mol. The first-order valence-electron chi connectivity index (χ1n) is 6.60. The number of methoxy groups -OCH3 is 1. The normalized spacial score (nSPS) is 17.4. The second-order valence-electron chi connectivity index (χ2n) is 4.72. The average Bonchev–Trinajstić information content (AvgIpc) is 2.49. The van der Waals surface area contributed by atoms with Crippen LogP contribution in [0.4, 0.5) is 5.69 Å². The fraction of sp³-hybridized carbons (Fsp3) is 0.250. The zero-order valence-electron chi connectivity index (χ0n) is 11.2. The van der Waals surface area contributed by atoms with E-state index in [0.717, 1.165) is 28.1 Å². The lowest BCUT2D eigenvalue weighted by atomic mass is 10.0. The fourth-order valence-corrected chi connectivity index (χ4v) is 3.98. The predicted molar refractivity (Wildman–Crippen MR) is 88.8 cm³/mol. The lowest BCUT2D eigenvalue weighted by Gasteiger charge is -2.27. The summed E-state index contributed by atoms with van der Waals surface area (Å²) in [6.45, 7) is 0. The summed E-state index contributed by atoms with van der Waals surface area (Å²) in [4.78, 5) is 1.39. The monoisotopic (exact) mass is 349 g/mol. The van der Waals surface area contributed by atoms with Gasteiger partial charge in [0.05, 0.1) is 17.6 Å². The molecule has 1 heterocycles. The van der Waals surface area contributed by atoms with Crippen molar-refractivity contribution in [1.82, 2.24) is 0 Å². The minimum Gasteiger partial charge on any atom is -0.495 e. The van der Waals surface area contributed by atoms with Crippen LogP contribution in [-0.2, 0) is 0 Å². The molecule has 1 aliphatic rings. The Hall–Kier alpha value is -1.13. The molecule has 104 valence electrons. The zero-order valence-corrected chi connectivity index (χ0v) is 13.6. The molecule has 4 heteroatoms. The first kappa shape index (κ1) is 13.8. The summed E-state index contributed by atoms with van der Waals surface area (Å²) < 4.78 is 6.33. The molecule has 1 unspecified atom stereocenters. The molecule has 0 fully saturated rings. The molecule has 3 rings (SSSR count). The van der Waals surface area contributed by atoms with Gasteiger partial charge in [0.1, 0.15) is 5.75 Å². The number of hydrogen-bond donors (Lipinski definition) is 1. The van der Waals surface area contributed by atoms with Crippen molar-refractivity contribution < 1.29 is 4.74 Å². The van der Waals surface area contributed by atoms with Gasteiger partial charge in [0.2, 0.25) is 0 Å². The highest BCUT2D eigenvalue weighted by molar-refractivity contribution is 9.10. The van der Waals surface area contributed by atoms with Crippen molar-refractivity contribution in [1.29, 1.82) is 0 Å². The van der Waals surface area contributed by atoms with E-state index in [1.165, 1.54) is 10.5 Å². The van der Waals surface area contributed by atoms with Crippen LogP contribution in [0.5, 0.6) is 5.75 Å². The van der Waals surface area contributed by atoms with Gasteiger partial charge in [-0.05, 0) is 46.1 Å². The number of ether oxygens (including phenoxy) is 1. The van der Waals surface area contributed by atoms with Crippen LogP contribution >= 0.6 is 27.7 Å². The van der Waals surface area contributed by atoms with E-state index < -0.39 is 0 Å². The highest BCUT2D eigenvalue weighted by Crippen LogP contribution is 2.38. The van der Waals surface area contributed by atoms with Crippen molar-refractivity contribution in [2.45, 2.75) is 17.4 Å². The molecule has 2 nitrogen and oxygen atoms in total. The summed E-state index contributed by atoms with van der Waals surface area (Å²) in [7, 11) is 1.69. The molecule has 0 saturated heterocycles. The first-order chi connectivity index (χ1) is 9.78. The van der Waals surface area contributed by atoms with Gasteiger partial charge in [0.15, 0.2) is 0 Å². The topological polar surface area (TPSA) is 21.3 Å². The lowest BCUT2D eigenvalue weighted by molar-refractivity contribution is 0.412. The summed E-state index contributed by atoms with van der Waals surface area (Å²) in [5.41, 5.74) is 2.49. The molecule has 0 radical (unpaired) electrons. The number of rotatable bonds is 3. The van der Waals surface area contributed by atoms with Crippen LogP contribution < -0.4 is 10.1 Å². The molecule has 0 saturated carbocycles. The maximum absolute atomic E-state index is 5.35. The molecule has 20 heavy (non-hydrogen) atoms. The maximum Gasteiger partial charge on any atom is 0.135 e. The van der Waals surface area contributed by atoms with Crippen LogP contribution in [0.3, 0.4) is 0 Å². The summed E-state index contributed by atoms with van der Waals surface area (Å²) in [6, 6.07) is 15.2. The number of benzene rings is 2. The fourth-order valence-electron chi connectivity index (χ4n) is 2.44. The van der Waals surface area contributed by atoms with E-state index in [-0.39, 0.29) is 0 Å². The molecule has 2 aromatic rings. The molecular weight excluding hydrogens is 334 g/mol. The third-order valence-electron chi connectivity index (χ3n) is 3.45. The van der Waals surface area contributed by atoms with Gasteiger partial charge in [-0.25, -0.2) is 0 Å².